The quantitative estimate of drug-likeness (QED) is 0.867. The Balaban J connectivity index is 1.45. The van der Waals surface area contributed by atoms with Gasteiger partial charge in [-0.05, 0) is 38.3 Å². The summed E-state index contributed by atoms with van der Waals surface area (Å²) in [4.78, 5) is 2.69. The van der Waals surface area contributed by atoms with E-state index >= 15 is 0 Å². The average molecular weight is 276 g/mol. The summed E-state index contributed by atoms with van der Waals surface area (Å²) in [6, 6.07) is 0.932. The summed E-state index contributed by atoms with van der Waals surface area (Å²) < 4.78 is 0. The molecule has 1 aliphatic heterocycles. The molecule has 1 aromatic heterocycles. The van der Waals surface area contributed by atoms with Crippen molar-refractivity contribution < 1.29 is 0 Å². The van der Waals surface area contributed by atoms with Gasteiger partial charge in [0.2, 0.25) is 0 Å². The molecule has 112 valence electrons. The summed E-state index contributed by atoms with van der Waals surface area (Å²) >= 11 is 0. The second-order valence-corrected chi connectivity index (χ2v) is 7.53. The third-order valence-electron chi connectivity index (χ3n) is 4.60. The van der Waals surface area contributed by atoms with Crippen molar-refractivity contribution in [1.29, 1.82) is 0 Å². The number of rotatable bonds is 5. The Morgan fingerprint density at radius 2 is 2.15 bits per heavy atom. The molecule has 2 heterocycles. The van der Waals surface area contributed by atoms with Gasteiger partial charge in [-0.15, -0.1) is 0 Å². The van der Waals surface area contributed by atoms with Gasteiger partial charge in [-0.2, -0.15) is 5.10 Å². The zero-order valence-corrected chi connectivity index (χ0v) is 13.1. The molecule has 0 unspecified atom stereocenters. The Morgan fingerprint density at radius 3 is 2.85 bits per heavy atom. The molecule has 0 spiro atoms. The normalized spacial score (nSPS) is 24.4. The molecule has 1 saturated heterocycles. The van der Waals surface area contributed by atoms with Crippen LogP contribution in [0.1, 0.15) is 51.3 Å². The first-order valence-corrected chi connectivity index (χ1v) is 8.01. The van der Waals surface area contributed by atoms with Crippen LogP contribution in [0.4, 0.5) is 0 Å². The SMILES string of the molecule is CC(C)(C)c1[nH]ncc1CNC[C@H]1CCN(C2CC2)C1. The lowest BCUT2D eigenvalue weighted by Gasteiger charge is -2.19. The van der Waals surface area contributed by atoms with Crippen molar-refractivity contribution in [3.8, 4) is 0 Å². The summed E-state index contributed by atoms with van der Waals surface area (Å²) in [7, 11) is 0. The highest BCUT2D eigenvalue weighted by Gasteiger charge is 2.34. The zero-order chi connectivity index (χ0) is 14.2. The Kier molecular flexibility index (Phi) is 3.87. The maximum absolute atomic E-state index is 4.21. The molecule has 1 aliphatic carbocycles. The first-order chi connectivity index (χ1) is 9.54. The first-order valence-electron chi connectivity index (χ1n) is 8.01. The summed E-state index contributed by atoms with van der Waals surface area (Å²) in [5.74, 6) is 0.834. The topological polar surface area (TPSA) is 44.0 Å². The summed E-state index contributed by atoms with van der Waals surface area (Å²) in [5.41, 5.74) is 2.72. The fourth-order valence-corrected chi connectivity index (χ4v) is 3.31. The van der Waals surface area contributed by atoms with E-state index in [9.17, 15) is 0 Å². The highest BCUT2D eigenvalue weighted by Crippen LogP contribution is 2.31. The van der Waals surface area contributed by atoms with Crippen LogP contribution in [-0.2, 0) is 12.0 Å². The van der Waals surface area contributed by atoms with Gasteiger partial charge in [-0.3, -0.25) is 5.10 Å². The van der Waals surface area contributed by atoms with Gasteiger partial charge in [0.15, 0.2) is 0 Å². The lowest BCUT2D eigenvalue weighted by molar-refractivity contribution is 0.311. The number of aromatic amines is 1. The third kappa shape index (κ3) is 3.23. The number of aromatic nitrogens is 2. The smallest absolute Gasteiger partial charge is 0.0535 e. The van der Waals surface area contributed by atoms with Crippen LogP contribution in [0, 0.1) is 5.92 Å². The van der Waals surface area contributed by atoms with E-state index in [2.05, 4.69) is 41.2 Å². The number of hydrogen-bond donors (Lipinski definition) is 2. The fourth-order valence-electron chi connectivity index (χ4n) is 3.31. The van der Waals surface area contributed by atoms with Crippen molar-refractivity contribution in [1.82, 2.24) is 20.4 Å². The average Bonchev–Trinajstić information content (AvgIpc) is 2.93. The van der Waals surface area contributed by atoms with Crippen LogP contribution in [-0.4, -0.2) is 40.8 Å². The van der Waals surface area contributed by atoms with Gasteiger partial charge in [-0.25, -0.2) is 0 Å². The molecule has 2 aliphatic rings. The number of nitrogens with zero attached hydrogens (tertiary/aromatic N) is 2. The Morgan fingerprint density at radius 1 is 1.35 bits per heavy atom. The minimum atomic E-state index is 0.143. The van der Waals surface area contributed by atoms with Gasteiger partial charge in [0, 0.05) is 35.8 Å². The minimum absolute atomic E-state index is 0.143. The number of hydrogen-bond acceptors (Lipinski definition) is 3. The summed E-state index contributed by atoms with van der Waals surface area (Å²) in [6.45, 7) is 11.4. The van der Waals surface area contributed by atoms with Gasteiger partial charge < -0.3 is 10.2 Å². The van der Waals surface area contributed by atoms with Crippen LogP contribution < -0.4 is 5.32 Å². The van der Waals surface area contributed by atoms with E-state index in [-0.39, 0.29) is 5.41 Å². The van der Waals surface area contributed by atoms with E-state index in [0.29, 0.717) is 0 Å². The Hall–Kier alpha value is -0.870. The van der Waals surface area contributed by atoms with Crippen molar-refractivity contribution in [3.05, 3.63) is 17.5 Å². The summed E-state index contributed by atoms with van der Waals surface area (Å²) in [5, 5.41) is 11.0. The van der Waals surface area contributed by atoms with Crippen LogP contribution in [0.3, 0.4) is 0 Å². The molecule has 3 rings (SSSR count). The number of likely N-dealkylation sites (tertiary alicyclic amines) is 1. The molecule has 2 N–H and O–H groups in total. The third-order valence-corrected chi connectivity index (χ3v) is 4.60. The summed E-state index contributed by atoms with van der Waals surface area (Å²) in [6.07, 6.45) is 6.20. The number of H-pyrrole nitrogens is 1. The van der Waals surface area contributed by atoms with Gasteiger partial charge in [0.05, 0.1) is 6.20 Å². The van der Waals surface area contributed by atoms with Crippen LogP contribution in [0.25, 0.3) is 0 Å². The molecule has 2 fully saturated rings. The molecule has 4 heteroatoms. The van der Waals surface area contributed by atoms with E-state index in [4.69, 9.17) is 0 Å². The molecule has 20 heavy (non-hydrogen) atoms. The van der Waals surface area contributed by atoms with E-state index in [1.54, 1.807) is 0 Å². The van der Waals surface area contributed by atoms with Crippen molar-refractivity contribution in [3.63, 3.8) is 0 Å². The zero-order valence-electron chi connectivity index (χ0n) is 13.1. The lowest BCUT2D eigenvalue weighted by atomic mass is 9.89. The van der Waals surface area contributed by atoms with E-state index in [0.717, 1.165) is 25.0 Å². The molecular formula is C16H28N4. The van der Waals surface area contributed by atoms with Crippen LogP contribution in [0.5, 0.6) is 0 Å². The van der Waals surface area contributed by atoms with Crippen molar-refractivity contribution in [2.24, 2.45) is 5.92 Å². The Labute approximate surface area is 122 Å². The molecule has 0 bridgehead atoms. The minimum Gasteiger partial charge on any atom is -0.312 e. The lowest BCUT2D eigenvalue weighted by Crippen LogP contribution is -2.28. The van der Waals surface area contributed by atoms with Crippen molar-refractivity contribution >= 4 is 0 Å². The molecular weight excluding hydrogens is 248 g/mol. The van der Waals surface area contributed by atoms with Gasteiger partial charge in [-0.1, -0.05) is 20.8 Å². The van der Waals surface area contributed by atoms with Gasteiger partial charge in [0.1, 0.15) is 0 Å². The van der Waals surface area contributed by atoms with Crippen molar-refractivity contribution in [2.75, 3.05) is 19.6 Å². The molecule has 1 atom stereocenters. The van der Waals surface area contributed by atoms with E-state index in [1.807, 2.05) is 6.20 Å². The molecule has 0 aromatic carbocycles. The molecule has 0 amide bonds. The van der Waals surface area contributed by atoms with Gasteiger partial charge >= 0.3 is 0 Å². The van der Waals surface area contributed by atoms with Crippen LogP contribution in [0.2, 0.25) is 0 Å². The second kappa shape index (κ2) is 5.49. The first kappa shape index (κ1) is 14.1. The maximum Gasteiger partial charge on any atom is 0.0535 e. The molecule has 4 nitrogen and oxygen atoms in total. The molecule has 0 radical (unpaired) electrons. The monoisotopic (exact) mass is 276 g/mol. The predicted molar refractivity (Wildman–Crippen MR) is 81.7 cm³/mol. The van der Waals surface area contributed by atoms with E-state index < -0.39 is 0 Å². The number of nitrogens with one attached hydrogen (secondary N) is 2. The van der Waals surface area contributed by atoms with Crippen LogP contribution in [0.15, 0.2) is 6.20 Å². The maximum atomic E-state index is 4.21. The van der Waals surface area contributed by atoms with Crippen LogP contribution >= 0.6 is 0 Å². The Bertz CT molecular complexity index is 442. The fraction of sp³-hybridized carbons (Fsp3) is 0.812. The predicted octanol–water partition coefficient (Wildman–Crippen LogP) is 2.28. The highest BCUT2D eigenvalue weighted by atomic mass is 15.2. The van der Waals surface area contributed by atoms with Gasteiger partial charge in [0.25, 0.3) is 0 Å². The highest BCUT2D eigenvalue weighted by molar-refractivity contribution is 5.23. The molecule has 1 saturated carbocycles. The molecule has 1 aromatic rings. The standard InChI is InChI=1S/C16H28N4/c1-16(2,3)15-13(10-18-19-15)9-17-8-12-6-7-20(11-12)14-4-5-14/h10,12,14,17H,4-9,11H2,1-3H3,(H,18,19)/t12-/m1/s1. The van der Waals surface area contributed by atoms with E-state index in [1.165, 1.54) is 43.6 Å². The second-order valence-electron chi connectivity index (χ2n) is 7.53. The van der Waals surface area contributed by atoms with Crippen molar-refractivity contribution in [2.45, 2.75) is 58.0 Å². The largest absolute Gasteiger partial charge is 0.312 e.